The lowest BCUT2D eigenvalue weighted by Crippen LogP contribution is -2.40. The van der Waals surface area contributed by atoms with Crippen LogP contribution in [0.15, 0.2) is 11.6 Å². The second-order valence-corrected chi connectivity index (χ2v) is 7.17. The highest BCUT2D eigenvalue weighted by molar-refractivity contribution is 5.88. The second kappa shape index (κ2) is 6.78. The summed E-state index contributed by atoms with van der Waals surface area (Å²) in [4.78, 5) is 11.7. The lowest BCUT2D eigenvalue weighted by atomic mass is 9.67. The summed E-state index contributed by atoms with van der Waals surface area (Å²) in [5, 5.41) is 0. The highest BCUT2D eigenvalue weighted by atomic mass is 16.5. The second-order valence-electron chi connectivity index (χ2n) is 7.17. The van der Waals surface area contributed by atoms with Crippen LogP contribution in [0.1, 0.15) is 78.6 Å². The van der Waals surface area contributed by atoms with E-state index in [-0.39, 0.29) is 12.1 Å². The van der Waals surface area contributed by atoms with Crippen molar-refractivity contribution in [1.29, 1.82) is 0 Å². The number of rotatable bonds is 6. The van der Waals surface area contributed by atoms with Gasteiger partial charge in [-0.2, -0.15) is 0 Å². The van der Waals surface area contributed by atoms with Crippen LogP contribution in [0.4, 0.5) is 0 Å². The number of unbranched alkanes of at least 4 members (excludes halogenated alkanes) is 4. The molecule has 0 N–H and O–H groups in total. The van der Waals surface area contributed by atoms with Crippen molar-refractivity contribution >= 4 is 5.97 Å². The fourth-order valence-corrected chi connectivity index (χ4v) is 3.76. The molecular weight excluding hydrogens is 248 g/mol. The molecule has 3 unspecified atom stereocenters. The first-order valence-corrected chi connectivity index (χ1v) is 8.43. The summed E-state index contributed by atoms with van der Waals surface area (Å²) >= 11 is 0. The van der Waals surface area contributed by atoms with Crippen molar-refractivity contribution in [2.45, 2.75) is 84.7 Å². The van der Waals surface area contributed by atoms with Gasteiger partial charge in [0.1, 0.15) is 6.10 Å². The smallest absolute Gasteiger partial charge is 0.333 e. The summed E-state index contributed by atoms with van der Waals surface area (Å²) in [6.45, 7) is 6.53. The Labute approximate surface area is 124 Å². The van der Waals surface area contributed by atoms with Crippen molar-refractivity contribution in [3.63, 3.8) is 0 Å². The maximum Gasteiger partial charge on any atom is 0.333 e. The molecule has 1 heterocycles. The molecule has 0 saturated heterocycles. The molecule has 2 aliphatic rings. The van der Waals surface area contributed by atoms with Crippen LogP contribution in [0.2, 0.25) is 0 Å². The predicted molar refractivity (Wildman–Crippen MR) is 82.5 cm³/mol. The van der Waals surface area contributed by atoms with Crippen molar-refractivity contribution in [2.75, 3.05) is 0 Å². The number of esters is 1. The van der Waals surface area contributed by atoms with Crippen LogP contribution in [-0.2, 0) is 9.53 Å². The molecule has 2 heteroatoms. The Kier molecular flexibility index (Phi) is 5.29. The van der Waals surface area contributed by atoms with E-state index in [0.717, 1.165) is 12.0 Å². The summed E-state index contributed by atoms with van der Waals surface area (Å²) in [6.07, 6.45) is 13.8. The summed E-state index contributed by atoms with van der Waals surface area (Å²) in [5.41, 5.74) is 1.18. The maximum atomic E-state index is 11.7. The largest absolute Gasteiger partial charge is 0.458 e. The third-order valence-electron chi connectivity index (χ3n) is 5.18. The quantitative estimate of drug-likeness (QED) is 0.503. The molecule has 1 fully saturated rings. The Morgan fingerprint density at radius 3 is 2.80 bits per heavy atom. The van der Waals surface area contributed by atoms with E-state index in [1.165, 1.54) is 51.4 Å². The fourth-order valence-electron chi connectivity index (χ4n) is 3.76. The first kappa shape index (κ1) is 15.6. The highest BCUT2D eigenvalue weighted by Crippen LogP contribution is 2.45. The van der Waals surface area contributed by atoms with Gasteiger partial charge in [0.2, 0.25) is 0 Å². The molecule has 2 nitrogen and oxygen atoms in total. The van der Waals surface area contributed by atoms with Crippen molar-refractivity contribution in [3.8, 4) is 0 Å². The third kappa shape index (κ3) is 3.86. The van der Waals surface area contributed by atoms with E-state index in [1.807, 2.05) is 6.92 Å². The van der Waals surface area contributed by atoms with Gasteiger partial charge in [-0.3, -0.25) is 0 Å². The number of carbonyl (C=O) groups excluding carboxylic acids is 1. The average molecular weight is 278 g/mol. The van der Waals surface area contributed by atoms with Crippen LogP contribution in [0.5, 0.6) is 0 Å². The van der Waals surface area contributed by atoms with Gasteiger partial charge < -0.3 is 4.74 Å². The predicted octanol–water partition coefficient (Wildman–Crippen LogP) is 5.03. The Balaban J connectivity index is 1.82. The van der Waals surface area contributed by atoms with Crippen LogP contribution in [-0.4, -0.2) is 12.1 Å². The molecule has 0 aromatic rings. The molecule has 1 aliphatic heterocycles. The zero-order chi connectivity index (χ0) is 14.6. The lowest BCUT2D eigenvalue weighted by molar-refractivity contribution is -0.152. The number of carbonyl (C=O) groups is 1. The number of ether oxygens (including phenoxy) is 1. The van der Waals surface area contributed by atoms with Gasteiger partial charge in [0.15, 0.2) is 0 Å². The Morgan fingerprint density at radius 1 is 1.30 bits per heavy atom. The number of fused-ring (bicyclic) bond motifs is 1. The van der Waals surface area contributed by atoms with Gasteiger partial charge in [-0.05, 0) is 38.0 Å². The standard InChI is InChI=1S/C18H30O2/c1-4-5-6-7-8-10-18(3)11-9-15-12-14(2)17(19)20-16(15)13-18/h12,15-16H,4-11,13H2,1-3H3. The van der Waals surface area contributed by atoms with Gasteiger partial charge in [0.05, 0.1) is 0 Å². The van der Waals surface area contributed by atoms with E-state index in [4.69, 9.17) is 4.74 Å². The molecule has 0 aromatic carbocycles. The molecule has 1 aliphatic carbocycles. The van der Waals surface area contributed by atoms with Crippen LogP contribution < -0.4 is 0 Å². The van der Waals surface area contributed by atoms with Gasteiger partial charge in [-0.25, -0.2) is 4.79 Å². The molecule has 0 spiro atoms. The van der Waals surface area contributed by atoms with Crippen LogP contribution >= 0.6 is 0 Å². The first-order valence-electron chi connectivity index (χ1n) is 8.43. The van der Waals surface area contributed by atoms with E-state index >= 15 is 0 Å². The van der Waals surface area contributed by atoms with Crippen LogP contribution in [0.3, 0.4) is 0 Å². The monoisotopic (exact) mass is 278 g/mol. The van der Waals surface area contributed by atoms with Crippen LogP contribution in [0.25, 0.3) is 0 Å². The maximum absolute atomic E-state index is 11.7. The van der Waals surface area contributed by atoms with Gasteiger partial charge in [-0.15, -0.1) is 0 Å². The van der Waals surface area contributed by atoms with E-state index in [0.29, 0.717) is 11.3 Å². The number of hydrogen-bond acceptors (Lipinski definition) is 2. The van der Waals surface area contributed by atoms with Crippen molar-refractivity contribution < 1.29 is 9.53 Å². The van der Waals surface area contributed by atoms with E-state index < -0.39 is 0 Å². The number of hydrogen-bond donors (Lipinski definition) is 0. The molecule has 20 heavy (non-hydrogen) atoms. The molecule has 114 valence electrons. The Bertz CT molecular complexity index is 372. The van der Waals surface area contributed by atoms with E-state index in [1.54, 1.807) is 0 Å². The zero-order valence-corrected chi connectivity index (χ0v) is 13.4. The normalized spacial score (nSPS) is 33.4. The van der Waals surface area contributed by atoms with E-state index in [9.17, 15) is 4.79 Å². The van der Waals surface area contributed by atoms with Crippen molar-refractivity contribution in [2.24, 2.45) is 11.3 Å². The van der Waals surface area contributed by atoms with Crippen LogP contribution in [0, 0.1) is 11.3 Å². The minimum absolute atomic E-state index is 0.0987. The lowest BCUT2D eigenvalue weighted by Gasteiger charge is -2.43. The van der Waals surface area contributed by atoms with Gasteiger partial charge in [0, 0.05) is 11.5 Å². The molecule has 0 bridgehead atoms. The van der Waals surface area contributed by atoms with Gasteiger partial charge in [-0.1, -0.05) is 52.0 Å². The molecule has 0 amide bonds. The molecule has 2 rings (SSSR count). The summed E-state index contributed by atoms with van der Waals surface area (Å²) in [7, 11) is 0. The zero-order valence-electron chi connectivity index (χ0n) is 13.4. The Morgan fingerprint density at radius 2 is 2.05 bits per heavy atom. The summed E-state index contributed by atoms with van der Waals surface area (Å²) < 4.78 is 5.64. The fraction of sp³-hybridized carbons (Fsp3) is 0.833. The van der Waals surface area contributed by atoms with Gasteiger partial charge >= 0.3 is 5.97 Å². The Hall–Kier alpha value is -0.790. The molecule has 0 radical (unpaired) electrons. The molecule has 1 saturated carbocycles. The average Bonchev–Trinajstić information content (AvgIpc) is 2.40. The summed E-state index contributed by atoms with van der Waals surface area (Å²) in [6, 6.07) is 0. The topological polar surface area (TPSA) is 26.3 Å². The molecular formula is C18H30O2. The minimum atomic E-state index is -0.0987. The van der Waals surface area contributed by atoms with Crippen molar-refractivity contribution in [3.05, 3.63) is 11.6 Å². The molecule has 3 atom stereocenters. The third-order valence-corrected chi connectivity index (χ3v) is 5.18. The molecule has 0 aromatic heterocycles. The summed E-state index contributed by atoms with van der Waals surface area (Å²) in [5.74, 6) is 0.374. The van der Waals surface area contributed by atoms with Crippen molar-refractivity contribution in [1.82, 2.24) is 0 Å². The SMILES string of the molecule is CCCCCCCC1(C)CCC2C=C(C)C(=O)OC2C1. The first-order chi connectivity index (χ1) is 9.54. The van der Waals surface area contributed by atoms with E-state index in [2.05, 4.69) is 19.9 Å². The van der Waals surface area contributed by atoms with Gasteiger partial charge in [0.25, 0.3) is 0 Å². The minimum Gasteiger partial charge on any atom is -0.458 e. The highest BCUT2D eigenvalue weighted by Gasteiger charge is 2.40.